The van der Waals surface area contributed by atoms with E-state index in [0.29, 0.717) is 11.4 Å². The van der Waals surface area contributed by atoms with Gasteiger partial charge < -0.3 is 5.32 Å². The summed E-state index contributed by atoms with van der Waals surface area (Å²) < 4.78 is 25.4. The van der Waals surface area contributed by atoms with Crippen molar-refractivity contribution in [1.29, 1.82) is 0 Å². The molecular formula is C14H18N2O2S. The third-order valence-corrected chi connectivity index (χ3v) is 5.84. The molecule has 2 aliphatic rings. The minimum absolute atomic E-state index is 0.399. The third kappa shape index (κ3) is 2.22. The number of hydrogen-bond acceptors (Lipinski definition) is 4. The van der Waals surface area contributed by atoms with Gasteiger partial charge in [-0.3, -0.25) is 5.32 Å². The van der Waals surface area contributed by atoms with Gasteiger partial charge in [0, 0.05) is 19.6 Å². The van der Waals surface area contributed by atoms with Crippen molar-refractivity contribution in [2.45, 2.75) is 23.6 Å². The molecule has 0 bridgehead atoms. The standard InChI is InChI=1S/C14H18N2O2S/c1-10-2-4-12(5-3-10)19(17,18)14-13-9-15-8-11(13)6-7-16-14/h2-5,14-16H,6-9H2,1H3. The quantitative estimate of drug-likeness (QED) is 0.792. The fourth-order valence-electron chi connectivity index (χ4n) is 2.75. The lowest BCUT2D eigenvalue weighted by Crippen LogP contribution is -2.42. The zero-order valence-electron chi connectivity index (χ0n) is 10.9. The van der Waals surface area contributed by atoms with Gasteiger partial charge in [-0.1, -0.05) is 23.3 Å². The minimum Gasteiger partial charge on any atom is -0.309 e. The first-order valence-electron chi connectivity index (χ1n) is 6.54. The fourth-order valence-corrected chi connectivity index (χ4v) is 4.50. The Morgan fingerprint density at radius 3 is 2.63 bits per heavy atom. The van der Waals surface area contributed by atoms with E-state index in [9.17, 15) is 8.42 Å². The van der Waals surface area contributed by atoms with Crippen molar-refractivity contribution in [1.82, 2.24) is 10.6 Å². The Balaban J connectivity index is 2.00. The lowest BCUT2D eigenvalue weighted by atomic mass is 10.0. The van der Waals surface area contributed by atoms with Crippen LogP contribution in [0.25, 0.3) is 0 Å². The Bertz CT molecular complexity index is 617. The molecule has 0 spiro atoms. The van der Waals surface area contributed by atoms with Crippen LogP contribution in [-0.4, -0.2) is 33.4 Å². The summed E-state index contributed by atoms with van der Waals surface area (Å²) in [5.41, 5.74) is 3.35. The third-order valence-electron chi connectivity index (χ3n) is 3.84. The van der Waals surface area contributed by atoms with Gasteiger partial charge in [-0.15, -0.1) is 0 Å². The van der Waals surface area contributed by atoms with Crippen molar-refractivity contribution in [2.75, 3.05) is 19.6 Å². The molecule has 19 heavy (non-hydrogen) atoms. The average molecular weight is 278 g/mol. The normalized spacial score (nSPS) is 23.5. The van der Waals surface area contributed by atoms with Crippen LogP contribution in [0.3, 0.4) is 0 Å². The van der Waals surface area contributed by atoms with Crippen LogP contribution in [-0.2, 0) is 9.84 Å². The van der Waals surface area contributed by atoms with Gasteiger partial charge in [0.25, 0.3) is 0 Å². The summed E-state index contributed by atoms with van der Waals surface area (Å²) in [6.45, 7) is 4.20. The van der Waals surface area contributed by atoms with Crippen molar-refractivity contribution in [3.63, 3.8) is 0 Å². The molecule has 2 aliphatic heterocycles. The van der Waals surface area contributed by atoms with Gasteiger partial charge in [-0.05, 0) is 31.1 Å². The second kappa shape index (κ2) is 4.74. The molecule has 2 N–H and O–H groups in total. The zero-order valence-corrected chi connectivity index (χ0v) is 11.8. The molecule has 3 rings (SSSR count). The SMILES string of the molecule is Cc1ccc(S(=O)(=O)C2NCCC3=C2CNC3)cc1. The number of benzene rings is 1. The highest BCUT2D eigenvalue weighted by Crippen LogP contribution is 2.27. The van der Waals surface area contributed by atoms with Crippen molar-refractivity contribution in [3.8, 4) is 0 Å². The van der Waals surface area contributed by atoms with Gasteiger partial charge in [0.15, 0.2) is 9.84 Å². The molecule has 0 radical (unpaired) electrons. The van der Waals surface area contributed by atoms with Gasteiger partial charge >= 0.3 is 0 Å². The predicted octanol–water partition coefficient (Wildman–Crippen LogP) is 0.988. The smallest absolute Gasteiger partial charge is 0.198 e. The summed E-state index contributed by atoms with van der Waals surface area (Å²) >= 11 is 0. The van der Waals surface area contributed by atoms with Gasteiger partial charge in [0.05, 0.1) is 4.90 Å². The summed E-state index contributed by atoms with van der Waals surface area (Å²) in [6, 6.07) is 7.09. The van der Waals surface area contributed by atoms with Crippen LogP contribution >= 0.6 is 0 Å². The van der Waals surface area contributed by atoms with E-state index in [1.807, 2.05) is 19.1 Å². The summed E-state index contributed by atoms with van der Waals surface area (Å²) in [7, 11) is -3.34. The molecule has 1 aromatic rings. The molecule has 2 heterocycles. The largest absolute Gasteiger partial charge is 0.309 e. The van der Waals surface area contributed by atoms with E-state index in [0.717, 1.165) is 30.6 Å². The van der Waals surface area contributed by atoms with E-state index in [1.165, 1.54) is 5.57 Å². The van der Waals surface area contributed by atoms with E-state index in [1.54, 1.807) is 12.1 Å². The number of sulfone groups is 1. The Hall–Kier alpha value is -1.17. The lowest BCUT2D eigenvalue weighted by molar-refractivity contribution is 0.555. The molecule has 0 aliphatic carbocycles. The maximum Gasteiger partial charge on any atom is 0.198 e. The number of hydrogen-bond donors (Lipinski definition) is 2. The molecule has 1 atom stereocenters. The highest BCUT2D eigenvalue weighted by Gasteiger charge is 2.35. The van der Waals surface area contributed by atoms with E-state index in [2.05, 4.69) is 10.6 Å². The van der Waals surface area contributed by atoms with Gasteiger partial charge in [-0.25, -0.2) is 8.42 Å². The topological polar surface area (TPSA) is 58.2 Å². The second-order valence-electron chi connectivity index (χ2n) is 5.17. The summed E-state index contributed by atoms with van der Waals surface area (Å²) in [4.78, 5) is 0.399. The first kappa shape index (κ1) is 12.8. The Morgan fingerprint density at radius 2 is 1.89 bits per heavy atom. The highest BCUT2D eigenvalue weighted by atomic mass is 32.2. The van der Waals surface area contributed by atoms with E-state index >= 15 is 0 Å². The monoisotopic (exact) mass is 278 g/mol. The van der Waals surface area contributed by atoms with Crippen LogP contribution in [0.2, 0.25) is 0 Å². The van der Waals surface area contributed by atoms with Crippen LogP contribution in [0.4, 0.5) is 0 Å². The van der Waals surface area contributed by atoms with Crippen molar-refractivity contribution >= 4 is 9.84 Å². The number of nitrogens with one attached hydrogen (secondary N) is 2. The molecule has 1 unspecified atom stereocenters. The average Bonchev–Trinajstić information content (AvgIpc) is 2.87. The van der Waals surface area contributed by atoms with Crippen molar-refractivity contribution in [3.05, 3.63) is 41.0 Å². The molecule has 0 fully saturated rings. The number of aryl methyl sites for hydroxylation is 1. The van der Waals surface area contributed by atoms with Crippen LogP contribution in [0.15, 0.2) is 40.3 Å². The van der Waals surface area contributed by atoms with Gasteiger partial charge in [0.1, 0.15) is 5.37 Å². The summed E-state index contributed by atoms with van der Waals surface area (Å²) in [5, 5.41) is 5.85. The number of rotatable bonds is 2. The second-order valence-corrected chi connectivity index (χ2v) is 7.21. The molecule has 4 nitrogen and oxygen atoms in total. The lowest BCUT2D eigenvalue weighted by Gasteiger charge is -2.26. The van der Waals surface area contributed by atoms with Crippen LogP contribution in [0, 0.1) is 6.92 Å². The van der Waals surface area contributed by atoms with Gasteiger partial charge in [0.2, 0.25) is 0 Å². The zero-order chi connectivity index (χ0) is 13.5. The van der Waals surface area contributed by atoms with E-state index in [4.69, 9.17) is 0 Å². The Kier molecular flexibility index (Phi) is 3.20. The van der Waals surface area contributed by atoms with E-state index in [-0.39, 0.29) is 0 Å². The first-order valence-corrected chi connectivity index (χ1v) is 8.09. The van der Waals surface area contributed by atoms with E-state index < -0.39 is 15.2 Å². The highest BCUT2D eigenvalue weighted by molar-refractivity contribution is 7.92. The predicted molar refractivity (Wildman–Crippen MR) is 74.7 cm³/mol. The minimum atomic E-state index is -3.34. The summed E-state index contributed by atoms with van der Waals surface area (Å²) in [5.74, 6) is 0. The molecule has 102 valence electrons. The van der Waals surface area contributed by atoms with Crippen LogP contribution in [0.1, 0.15) is 12.0 Å². The molecule has 1 aromatic carbocycles. The Morgan fingerprint density at radius 1 is 1.16 bits per heavy atom. The first-order chi connectivity index (χ1) is 9.09. The molecular weight excluding hydrogens is 260 g/mol. The Labute approximate surface area is 113 Å². The maximum absolute atomic E-state index is 12.7. The van der Waals surface area contributed by atoms with Crippen molar-refractivity contribution < 1.29 is 8.42 Å². The molecule has 0 aromatic heterocycles. The van der Waals surface area contributed by atoms with Crippen LogP contribution in [0.5, 0.6) is 0 Å². The molecule has 0 saturated carbocycles. The maximum atomic E-state index is 12.7. The van der Waals surface area contributed by atoms with Gasteiger partial charge in [-0.2, -0.15) is 0 Å². The van der Waals surface area contributed by atoms with Crippen molar-refractivity contribution in [2.24, 2.45) is 0 Å². The van der Waals surface area contributed by atoms with Crippen LogP contribution < -0.4 is 10.6 Å². The molecule has 0 saturated heterocycles. The molecule has 0 amide bonds. The summed E-state index contributed by atoms with van der Waals surface area (Å²) in [6.07, 6.45) is 0.947. The molecule has 5 heteroatoms. The fraction of sp³-hybridized carbons (Fsp3) is 0.429.